The Hall–Kier alpha value is -2.60. The van der Waals surface area contributed by atoms with Crippen molar-refractivity contribution in [1.29, 1.82) is 0 Å². The number of rotatable bonds is 21. The molecule has 0 aliphatic rings. The highest BCUT2D eigenvalue weighted by Crippen LogP contribution is 2.48. The van der Waals surface area contributed by atoms with Crippen LogP contribution in [0, 0.1) is 0 Å². The number of unbranched alkanes of at least 4 members (excludes halogenated alkanes) is 13. The molecule has 1 unspecified atom stereocenters. The molecule has 0 amide bonds. The molecule has 234 valence electrons. The van der Waals surface area contributed by atoms with Gasteiger partial charge in [0.2, 0.25) is 5.60 Å². The quantitative estimate of drug-likeness (QED) is 0.0491. The predicted octanol–water partition coefficient (Wildman–Crippen LogP) is 9.06. The highest BCUT2D eigenvalue weighted by molar-refractivity contribution is 7.80. The minimum absolute atomic E-state index is 0.203. The lowest BCUT2D eigenvalue weighted by molar-refractivity contribution is -0.176. The summed E-state index contributed by atoms with van der Waals surface area (Å²) in [6.07, 6.45) is 17.4. The maximum absolute atomic E-state index is 13.8. The van der Waals surface area contributed by atoms with Gasteiger partial charge in [0.25, 0.3) is 0 Å². The van der Waals surface area contributed by atoms with Gasteiger partial charge in [-0.05, 0) is 35.2 Å². The van der Waals surface area contributed by atoms with Gasteiger partial charge in [0.1, 0.15) is 0 Å². The van der Waals surface area contributed by atoms with E-state index in [4.69, 9.17) is 4.74 Å². The second-order valence-corrected chi connectivity index (χ2v) is 12.3. The summed E-state index contributed by atoms with van der Waals surface area (Å²) in [5.74, 6) is -0.827. The summed E-state index contributed by atoms with van der Waals surface area (Å²) in [7, 11) is 0. The number of benzene rings is 3. The molecule has 1 atom stereocenters. The van der Waals surface area contributed by atoms with E-state index in [9.17, 15) is 15.0 Å². The fourth-order valence-electron chi connectivity index (χ4n) is 6.22. The van der Waals surface area contributed by atoms with Crippen molar-refractivity contribution in [1.82, 2.24) is 0 Å². The van der Waals surface area contributed by atoms with Crippen LogP contribution in [0.1, 0.15) is 114 Å². The molecule has 3 aromatic rings. The monoisotopic (exact) mass is 604 g/mol. The largest absolute Gasteiger partial charge is 0.463 e. The third-order valence-corrected chi connectivity index (χ3v) is 8.93. The smallest absolute Gasteiger partial charge is 0.342 e. The third-order valence-electron chi connectivity index (χ3n) is 8.63. The molecule has 0 aliphatic heterocycles. The van der Waals surface area contributed by atoms with Crippen molar-refractivity contribution in [2.45, 2.75) is 113 Å². The summed E-state index contributed by atoms with van der Waals surface area (Å²) in [5, 5.41) is 23.1. The first-order chi connectivity index (χ1) is 21.0. The molecule has 43 heavy (non-hydrogen) atoms. The Kier molecular flexibility index (Phi) is 15.4. The molecule has 5 heteroatoms. The molecule has 4 nitrogen and oxygen atoms in total. The molecule has 2 N–H and O–H groups in total. The van der Waals surface area contributed by atoms with Crippen molar-refractivity contribution in [2.75, 3.05) is 13.2 Å². The van der Waals surface area contributed by atoms with E-state index in [0.29, 0.717) is 16.7 Å². The van der Waals surface area contributed by atoms with Crippen molar-refractivity contribution in [3.05, 3.63) is 102 Å². The SMILES string of the molecule is CCCCCCCCCCCCCCCCOC(=O)C(O)(CO)C(c1ccccc1)(c1ccccc1)c1ccc(S)cc1. The maximum Gasteiger partial charge on any atom is 0.342 e. The van der Waals surface area contributed by atoms with Crippen LogP contribution in [0.4, 0.5) is 0 Å². The van der Waals surface area contributed by atoms with Gasteiger partial charge in [0.05, 0.1) is 18.6 Å². The van der Waals surface area contributed by atoms with E-state index in [1.807, 2.05) is 84.9 Å². The molecule has 3 aromatic carbocycles. The Labute approximate surface area is 265 Å². The first-order valence-corrected chi connectivity index (χ1v) is 16.9. The summed E-state index contributed by atoms with van der Waals surface area (Å²) in [5.41, 5.74) is -1.67. The van der Waals surface area contributed by atoms with Gasteiger partial charge in [0, 0.05) is 4.90 Å². The summed E-state index contributed by atoms with van der Waals surface area (Å²) in [6, 6.07) is 26.1. The summed E-state index contributed by atoms with van der Waals surface area (Å²) in [4.78, 5) is 14.6. The van der Waals surface area contributed by atoms with Crippen LogP contribution in [0.2, 0.25) is 0 Å². The number of thiol groups is 1. The molecule has 0 heterocycles. The van der Waals surface area contributed by atoms with Gasteiger partial charge < -0.3 is 14.9 Å². The molecule has 0 saturated heterocycles. The third kappa shape index (κ3) is 9.44. The Bertz CT molecular complexity index is 1130. The number of aliphatic hydroxyl groups is 2. The van der Waals surface area contributed by atoms with Gasteiger partial charge in [-0.25, -0.2) is 4.79 Å². The molecule has 0 bridgehead atoms. The fourth-order valence-corrected chi connectivity index (χ4v) is 6.37. The van der Waals surface area contributed by atoms with Gasteiger partial charge in [0.15, 0.2) is 0 Å². The Morgan fingerprint density at radius 3 is 1.44 bits per heavy atom. The van der Waals surface area contributed by atoms with E-state index in [1.54, 1.807) is 0 Å². The van der Waals surface area contributed by atoms with Crippen LogP contribution in [0.15, 0.2) is 89.8 Å². The van der Waals surface area contributed by atoms with Crippen LogP contribution in [0.25, 0.3) is 0 Å². The first-order valence-electron chi connectivity index (χ1n) is 16.4. The van der Waals surface area contributed by atoms with Crippen LogP contribution in [-0.2, 0) is 14.9 Å². The standard InChI is InChI=1S/C38H52O4S/c1-2-3-4-5-6-7-8-9-10-11-12-13-14-21-30-42-36(40)37(41,31-39)38(32-22-17-15-18-23-32,33-24-19-16-20-25-33)34-26-28-35(43)29-27-34/h15-20,22-29,39,41,43H,2-14,21,30-31H2,1H3. The van der Waals surface area contributed by atoms with Crippen LogP contribution in [-0.4, -0.2) is 35.0 Å². The molecule has 0 saturated carbocycles. The van der Waals surface area contributed by atoms with Crippen molar-refractivity contribution >= 4 is 18.6 Å². The van der Waals surface area contributed by atoms with Gasteiger partial charge in [-0.1, -0.05) is 163 Å². The molecule has 3 rings (SSSR count). The molecule has 0 radical (unpaired) electrons. The molecule has 0 fully saturated rings. The van der Waals surface area contributed by atoms with Gasteiger partial charge in [-0.3, -0.25) is 0 Å². The van der Waals surface area contributed by atoms with Gasteiger partial charge in [-0.15, -0.1) is 12.6 Å². The minimum Gasteiger partial charge on any atom is -0.463 e. The Morgan fingerprint density at radius 2 is 1.02 bits per heavy atom. The second-order valence-electron chi connectivity index (χ2n) is 11.8. The second kappa shape index (κ2) is 18.9. The van der Waals surface area contributed by atoms with E-state index in [2.05, 4.69) is 19.6 Å². The molecular formula is C38H52O4S. The average Bonchev–Trinajstić information content (AvgIpc) is 3.04. The van der Waals surface area contributed by atoms with Crippen LogP contribution in [0.5, 0.6) is 0 Å². The number of esters is 1. The number of hydrogen-bond acceptors (Lipinski definition) is 5. The zero-order valence-electron chi connectivity index (χ0n) is 26.1. The summed E-state index contributed by atoms with van der Waals surface area (Å²) < 4.78 is 5.74. The average molecular weight is 605 g/mol. The van der Waals surface area contributed by atoms with Crippen molar-refractivity contribution in [2.24, 2.45) is 0 Å². The van der Waals surface area contributed by atoms with Crippen LogP contribution < -0.4 is 0 Å². The highest BCUT2D eigenvalue weighted by Gasteiger charge is 2.59. The minimum atomic E-state index is -2.27. The summed E-state index contributed by atoms with van der Waals surface area (Å²) in [6.45, 7) is 1.66. The van der Waals surface area contributed by atoms with Crippen LogP contribution >= 0.6 is 12.6 Å². The zero-order chi connectivity index (χ0) is 30.8. The van der Waals surface area contributed by atoms with Crippen molar-refractivity contribution in [3.8, 4) is 0 Å². The fraction of sp³-hybridized carbons (Fsp3) is 0.500. The molecule has 0 aliphatic carbocycles. The van der Waals surface area contributed by atoms with E-state index in [-0.39, 0.29) is 6.61 Å². The van der Waals surface area contributed by atoms with E-state index >= 15 is 0 Å². The molecule has 0 spiro atoms. The maximum atomic E-state index is 13.8. The molecular weight excluding hydrogens is 552 g/mol. The Morgan fingerprint density at radius 1 is 0.628 bits per heavy atom. The number of ether oxygens (including phenoxy) is 1. The topological polar surface area (TPSA) is 66.8 Å². The van der Waals surface area contributed by atoms with Gasteiger partial charge >= 0.3 is 5.97 Å². The number of hydrogen-bond donors (Lipinski definition) is 3. The number of aliphatic hydroxyl groups excluding tert-OH is 1. The van der Waals surface area contributed by atoms with Crippen molar-refractivity contribution < 1.29 is 19.7 Å². The lowest BCUT2D eigenvalue weighted by Crippen LogP contribution is -2.61. The van der Waals surface area contributed by atoms with Crippen LogP contribution in [0.3, 0.4) is 0 Å². The Balaban J connectivity index is 1.61. The normalized spacial score (nSPS) is 13.0. The lowest BCUT2D eigenvalue weighted by atomic mass is 9.59. The predicted molar refractivity (Wildman–Crippen MR) is 180 cm³/mol. The zero-order valence-corrected chi connectivity index (χ0v) is 26.9. The summed E-state index contributed by atoms with van der Waals surface area (Å²) >= 11 is 4.45. The van der Waals surface area contributed by atoms with Crippen molar-refractivity contribution in [3.63, 3.8) is 0 Å². The lowest BCUT2D eigenvalue weighted by Gasteiger charge is -2.46. The number of carbonyl (C=O) groups excluding carboxylic acids is 1. The van der Waals surface area contributed by atoms with E-state index < -0.39 is 23.6 Å². The van der Waals surface area contributed by atoms with E-state index in [0.717, 1.165) is 24.2 Å². The highest BCUT2D eigenvalue weighted by atomic mass is 32.1. The number of carbonyl (C=O) groups is 1. The first kappa shape index (κ1) is 34.9. The van der Waals surface area contributed by atoms with Gasteiger partial charge in [-0.2, -0.15) is 0 Å². The molecule has 0 aromatic heterocycles. The van der Waals surface area contributed by atoms with E-state index in [1.165, 1.54) is 70.6 Å².